The van der Waals surface area contributed by atoms with E-state index in [-0.39, 0.29) is 18.1 Å². The van der Waals surface area contributed by atoms with E-state index >= 15 is 0 Å². The summed E-state index contributed by atoms with van der Waals surface area (Å²) in [5, 5.41) is 0. The molecule has 3 fully saturated rings. The smallest absolute Gasteiger partial charge is 0.234 e. The van der Waals surface area contributed by atoms with E-state index in [1.807, 2.05) is 12.1 Å². The van der Waals surface area contributed by atoms with Gasteiger partial charge in [-0.05, 0) is 55.0 Å². The molecule has 0 atom stereocenters. The summed E-state index contributed by atoms with van der Waals surface area (Å²) in [4.78, 5) is 33.2. The maximum Gasteiger partial charge on any atom is 0.234 e. The zero-order valence-corrected chi connectivity index (χ0v) is 20.9. The average molecular weight is 455 g/mol. The molecule has 0 aromatic heterocycles. The van der Waals surface area contributed by atoms with Crippen LogP contribution in [-0.2, 0) is 16.1 Å². The molecule has 0 saturated carbocycles. The van der Waals surface area contributed by atoms with E-state index < -0.39 is 0 Å². The Labute approximate surface area is 199 Å². The Balaban J connectivity index is 1.17. The second-order valence-electron chi connectivity index (χ2n) is 11.5. The van der Waals surface area contributed by atoms with Crippen LogP contribution in [0.2, 0.25) is 0 Å². The van der Waals surface area contributed by atoms with E-state index in [1.165, 1.54) is 44.6 Å². The van der Waals surface area contributed by atoms with Crippen LogP contribution in [0.5, 0.6) is 0 Å². The molecule has 182 valence electrons. The lowest BCUT2D eigenvalue weighted by atomic mass is 9.91. The van der Waals surface area contributed by atoms with Crippen LogP contribution >= 0.6 is 0 Å². The van der Waals surface area contributed by atoms with Gasteiger partial charge in [-0.3, -0.25) is 14.5 Å². The van der Waals surface area contributed by atoms with Gasteiger partial charge in [0.2, 0.25) is 5.91 Å². The van der Waals surface area contributed by atoms with Crippen LogP contribution in [0, 0.1) is 11.3 Å². The fourth-order valence-electron chi connectivity index (χ4n) is 5.52. The van der Waals surface area contributed by atoms with E-state index in [0.29, 0.717) is 18.4 Å². The molecule has 0 radical (unpaired) electrons. The number of ketones is 1. The van der Waals surface area contributed by atoms with Crippen molar-refractivity contribution in [3.05, 3.63) is 29.8 Å². The number of piperidine rings is 2. The molecule has 1 aromatic carbocycles. The van der Waals surface area contributed by atoms with Crippen LogP contribution in [0.1, 0.15) is 52.0 Å². The Morgan fingerprint density at radius 1 is 0.818 bits per heavy atom. The Bertz CT molecular complexity index is 800. The lowest BCUT2D eigenvalue weighted by Gasteiger charge is -2.40. The first-order valence-corrected chi connectivity index (χ1v) is 12.8. The molecule has 3 aliphatic heterocycles. The number of likely N-dealkylation sites (tertiary alicyclic amines) is 1. The number of hydrogen-bond donors (Lipinski definition) is 0. The maximum atomic E-state index is 12.1. The molecule has 0 N–H and O–H groups in total. The molecule has 6 nitrogen and oxygen atoms in total. The summed E-state index contributed by atoms with van der Waals surface area (Å²) in [6.07, 6.45) is 3.20. The summed E-state index contributed by atoms with van der Waals surface area (Å²) in [5.41, 5.74) is 2.60. The Kier molecular flexibility index (Phi) is 7.87. The van der Waals surface area contributed by atoms with E-state index in [0.717, 1.165) is 44.3 Å². The number of amides is 1. The highest BCUT2D eigenvalue weighted by Gasteiger charge is 2.27. The monoisotopic (exact) mass is 454 g/mol. The van der Waals surface area contributed by atoms with Crippen molar-refractivity contribution >= 4 is 17.4 Å². The quantitative estimate of drug-likeness (QED) is 0.618. The van der Waals surface area contributed by atoms with Crippen LogP contribution in [-0.4, -0.2) is 85.3 Å². The highest BCUT2D eigenvalue weighted by atomic mass is 16.2. The number of nitrogens with zero attached hydrogens (tertiary/aromatic N) is 4. The molecule has 3 saturated heterocycles. The topological polar surface area (TPSA) is 47.1 Å². The van der Waals surface area contributed by atoms with Crippen LogP contribution < -0.4 is 4.90 Å². The molecule has 1 aromatic rings. The molecule has 1 amide bonds. The van der Waals surface area contributed by atoms with Crippen molar-refractivity contribution in [3.63, 3.8) is 0 Å². The molecule has 3 heterocycles. The van der Waals surface area contributed by atoms with Gasteiger partial charge in [0.25, 0.3) is 0 Å². The second-order valence-corrected chi connectivity index (χ2v) is 11.5. The lowest BCUT2D eigenvalue weighted by molar-refractivity contribution is -0.128. The van der Waals surface area contributed by atoms with Gasteiger partial charge in [0.05, 0.1) is 6.42 Å². The summed E-state index contributed by atoms with van der Waals surface area (Å²) in [5.74, 6) is 0.834. The Morgan fingerprint density at radius 2 is 1.45 bits per heavy atom. The van der Waals surface area contributed by atoms with Crippen LogP contribution in [0.25, 0.3) is 0 Å². The van der Waals surface area contributed by atoms with Gasteiger partial charge in [-0.15, -0.1) is 0 Å². The predicted molar refractivity (Wildman–Crippen MR) is 133 cm³/mol. The highest BCUT2D eigenvalue weighted by Crippen LogP contribution is 2.24. The van der Waals surface area contributed by atoms with Crippen molar-refractivity contribution in [2.24, 2.45) is 11.3 Å². The predicted octanol–water partition coefficient (Wildman–Crippen LogP) is 3.26. The van der Waals surface area contributed by atoms with Gasteiger partial charge in [-0.2, -0.15) is 0 Å². The van der Waals surface area contributed by atoms with Gasteiger partial charge < -0.3 is 14.7 Å². The Morgan fingerprint density at radius 3 is 2.06 bits per heavy atom. The third-order valence-electron chi connectivity index (χ3n) is 7.30. The fraction of sp³-hybridized carbons (Fsp3) is 0.704. The number of carbonyl (C=O) groups excluding carboxylic acids is 2. The van der Waals surface area contributed by atoms with E-state index in [9.17, 15) is 9.59 Å². The molecule has 0 bridgehead atoms. The van der Waals surface area contributed by atoms with E-state index in [1.54, 1.807) is 4.90 Å². The molecule has 3 aliphatic rings. The second kappa shape index (κ2) is 10.7. The largest absolute Gasteiger partial charge is 0.312 e. The third kappa shape index (κ3) is 7.11. The van der Waals surface area contributed by atoms with Gasteiger partial charge in [0.1, 0.15) is 5.78 Å². The molecule has 33 heavy (non-hydrogen) atoms. The molecule has 0 unspecified atom stereocenters. The summed E-state index contributed by atoms with van der Waals surface area (Å²) in [6.45, 7) is 18.1. The number of hydrogen-bond acceptors (Lipinski definition) is 5. The highest BCUT2D eigenvalue weighted by molar-refractivity contribution is 6.08. The van der Waals surface area contributed by atoms with Crippen LogP contribution in [0.3, 0.4) is 0 Å². The van der Waals surface area contributed by atoms with E-state index in [4.69, 9.17) is 0 Å². The standard InChI is InChI=1S/C27H42N4O2/c1-27(2,3)21-30-11-8-23(9-12-30)20-29-16-14-28(15-17-29)19-22-4-6-24(7-5-22)31-13-10-25(32)18-26(31)33/h4-7,23H,8-21H2,1-3H3. The van der Waals surface area contributed by atoms with Crippen molar-refractivity contribution in [2.75, 3.05) is 63.8 Å². The minimum atomic E-state index is -0.0741. The van der Waals surface area contributed by atoms with Gasteiger partial charge in [-0.1, -0.05) is 32.9 Å². The van der Waals surface area contributed by atoms with Crippen molar-refractivity contribution in [2.45, 2.75) is 53.0 Å². The van der Waals surface area contributed by atoms with Crippen molar-refractivity contribution in [1.82, 2.24) is 14.7 Å². The van der Waals surface area contributed by atoms with Crippen molar-refractivity contribution < 1.29 is 9.59 Å². The zero-order valence-electron chi connectivity index (χ0n) is 20.9. The molecule has 6 heteroatoms. The van der Waals surface area contributed by atoms with Crippen molar-refractivity contribution in [1.29, 1.82) is 0 Å². The molecular weight excluding hydrogens is 412 g/mol. The van der Waals surface area contributed by atoms with E-state index in [2.05, 4.69) is 47.6 Å². The number of anilines is 1. The molecule has 4 rings (SSSR count). The van der Waals surface area contributed by atoms with Gasteiger partial charge in [0, 0.05) is 64.5 Å². The van der Waals surface area contributed by atoms with Gasteiger partial charge in [0.15, 0.2) is 0 Å². The molecule has 0 spiro atoms. The summed E-state index contributed by atoms with van der Waals surface area (Å²) in [6, 6.07) is 8.34. The first-order chi connectivity index (χ1) is 15.7. The SMILES string of the molecule is CC(C)(C)CN1CCC(CN2CCN(Cc3ccc(N4CCC(=O)CC4=O)cc3)CC2)CC1. The zero-order chi connectivity index (χ0) is 23.4. The number of Topliss-reactive ketones (excluding diaryl/α,β-unsaturated/α-hetero) is 1. The van der Waals surface area contributed by atoms with Gasteiger partial charge in [-0.25, -0.2) is 0 Å². The summed E-state index contributed by atoms with van der Waals surface area (Å²) in [7, 11) is 0. The number of carbonyl (C=O) groups is 2. The Hall–Kier alpha value is -1.76. The minimum Gasteiger partial charge on any atom is -0.312 e. The maximum absolute atomic E-state index is 12.1. The van der Waals surface area contributed by atoms with Crippen LogP contribution in [0.15, 0.2) is 24.3 Å². The number of piperazine rings is 1. The molecule has 0 aliphatic carbocycles. The first kappa shape index (κ1) is 24.4. The normalized spacial score (nSPS) is 22.8. The lowest BCUT2D eigenvalue weighted by Crippen LogP contribution is -2.48. The summed E-state index contributed by atoms with van der Waals surface area (Å²) >= 11 is 0. The summed E-state index contributed by atoms with van der Waals surface area (Å²) < 4.78 is 0. The van der Waals surface area contributed by atoms with Gasteiger partial charge >= 0.3 is 0 Å². The third-order valence-corrected chi connectivity index (χ3v) is 7.30. The molecular formula is C27H42N4O2. The number of benzene rings is 1. The van der Waals surface area contributed by atoms with Crippen LogP contribution in [0.4, 0.5) is 5.69 Å². The van der Waals surface area contributed by atoms with Crippen molar-refractivity contribution in [3.8, 4) is 0 Å². The fourth-order valence-corrected chi connectivity index (χ4v) is 5.52. The first-order valence-electron chi connectivity index (χ1n) is 12.8. The number of rotatable bonds is 6. The average Bonchev–Trinajstić information content (AvgIpc) is 2.76. The minimum absolute atomic E-state index is 0.0437.